The zero-order chi connectivity index (χ0) is 17.8. The lowest BCUT2D eigenvalue weighted by Crippen LogP contribution is -2.23. The molecule has 0 saturated heterocycles. The van der Waals surface area contributed by atoms with Crippen LogP contribution < -0.4 is 0 Å². The van der Waals surface area contributed by atoms with E-state index in [9.17, 15) is 0 Å². The first-order chi connectivity index (χ1) is 12.8. The summed E-state index contributed by atoms with van der Waals surface area (Å²) in [4.78, 5) is 2.35. The highest BCUT2D eigenvalue weighted by Crippen LogP contribution is 2.22. The van der Waals surface area contributed by atoms with E-state index in [-0.39, 0.29) is 6.10 Å². The molecule has 1 unspecified atom stereocenters. The van der Waals surface area contributed by atoms with Gasteiger partial charge in [-0.05, 0) is 41.8 Å². The average molecular weight is 347 g/mol. The number of fused-ring (bicyclic) bond motifs is 1. The summed E-state index contributed by atoms with van der Waals surface area (Å²) >= 11 is 0. The van der Waals surface area contributed by atoms with Crippen molar-refractivity contribution in [3.63, 3.8) is 0 Å². The normalized spacial score (nSPS) is 19.1. The van der Waals surface area contributed by atoms with Crippen molar-refractivity contribution in [3.05, 3.63) is 83.1 Å². The van der Waals surface area contributed by atoms with E-state index in [1.807, 2.05) is 35.6 Å². The molecule has 0 fully saturated rings. The van der Waals surface area contributed by atoms with E-state index < -0.39 is 0 Å². The van der Waals surface area contributed by atoms with E-state index in [1.54, 1.807) is 0 Å². The second-order valence-corrected chi connectivity index (χ2v) is 7.06. The van der Waals surface area contributed by atoms with Gasteiger partial charge in [0.05, 0.1) is 12.8 Å². The van der Waals surface area contributed by atoms with E-state index in [1.165, 1.54) is 22.3 Å². The quantitative estimate of drug-likeness (QED) is 0.800. The van der Waals surface area contributed by atoms with Gasteiger partial charge in [-0.15, -0.1) is 0 Å². The van der Waals surface area contributed by atoms with Crippen molar-refractivity contribution < 1.29 is 4.74 Å². The molecule has 2 aromatic rings. The Balaban J connectivity index is 1.25. The monoisotopic (exact) mass is 347 g/mol. The molecule has 0 N–H and O–H groups in total. The molecule has 2 aromatic carbocycles. The van der Waals surface area contributed by atoms with E-state index in [0.29, 0.717) is 6.61 Å². The molecular weight excluding hydrogens is 322 g/mol. The Bertz CT molecular complexity index is 786. The highest BCUT2D eigenvalue weighted by Gasteiger charge is 2.15. The Morgan fingerprint density at radius 1 is 1.04 bits per heavy atom. The van der Waals surface area contributed by atoms with Crippen LogP contribution in [0.4, 0.5) is 0 Å². The molecule has 0 radical (unpaired) electrons. The van der Waals surface area contributed by atoms with Gasteiger partial charge in [-0.25, -0.2) is 0 Å². The Morgan fingerprint density at radius 2 is 1.88 bits per heavy atom. The molecule has 0 bridgehead atoms. The van der Waals surface area contributed by atoms with Crippen molar-refractivity contribution >= 4 is 6.21 Å². The Kier molecular flexibility index (Phi) is 5.14. The summed E-state index contributed by atoms with van der Waals surface area (Å²) in [6.45, 7) is 3.61. The van der Waals surface area contributed by atoms with Crippen LogP contribution in [-0.2, 0) is 30.9 Å². The minimum Gasteiger partial charge on any atom is -0.364 e. The van der Waals surface area contributed by atoms with Crippen molar-refractivity contribution in [1.29, 1.82) is 0 Å². The van der Waals surface area contributed by atoms with Crippen molar-refractivity contribution in [3.8, 4) is 0 Å². The van der Waals surface area contributed by atoms with Crippen LogP contribution in [-0.4, -0.2) is 35.8 Å². The van der Waals surface area contributed by atoms with Crippen LogP contribution in [0.1, 0.15) is 22.3 Å². The highest BCUT2D eigenvalue weighted by molar-refractivity contribution is 5.66. The summed E-state index contributed by atoms with van der Waals surface area (Å²) in [5, 5.41) is 6.50. The van der Waals surface area contributed by atoms with Crippen molar-refractivity contribution in [2.24, 2.45) is 5.10 Å². The molecule has 1 atom stereocenters. The molecule has 26 heavy (non-hydrogen) atoms. The molecule has 2 aliphatic rings. The summed E-state index contributed by atoms with van der Waals surface area (Å²) in [5.74, 6) is 0. The summed E-state index contributed by atoms with van der Waals surface area (Å²) in [7, 11) is 2.17. The van der Waals surface area contributed by atoms with Gasteiger partial charge in [-0.2, -0.15) is 5.10 Å². The molecule has 0 aromatic heterocycles. The second kappa shape index (κ2) is 7.85. The summed E-state index contributed by atoms with van der Waals surface area (Å²) in [5.41, 5.74) is 5.49. The standard InChI is InChI=1S/C22H25N3O/c1-24-15-20-8-7-18(13-21(20)16-24)9-11-25-12-10-22(14-23-25)26-17-19-5-3-2-4-6-19/h2-8,10,12-14,22H,9,11,15-17H2,1H3. The number of ether oxygens (including phenoxy) is 1. The molecule has 4 rings (SSSR count). The topological polar surface area (TPSA) is 28.1 Å². The van der Waals surface area contributed by atoms with Gasteiger partial charge in [-0.3, -0.25) is 9.91 Å². The van der Waals surface area contributed by atoms with Gasteiger partial charge >= 0.3 is 0 Å². The maximum absolute atomic E-state index is 5.87. The average Bonchev–Trinajstić information content (AvgIpc) is 3.05. The lowest BCUT2D eigenvalue weighted by molar-refractivity contribution is 0.111. The molecule has 2 heterocycles. The minimum atomic E-state index is -0.0537. The number of hydrogen-bond donors (Lipinski definition) is 0. The van der Waals surface area contributed by atoms with Crippen LogP contribution in [0.3, 0.4) is 0 Å². The summed E-state index contributed by atoms with van der Waals surface area (Å²) < 4.78 is 5.87. The fourth-order valence-electron chi connectivity index (χ4n) is 3.44. The first-order valence-electron chi connectivity index (χ1n) is 9.20. The van der Waals surface area contributed by atoms with E-state index >= 15 is 0 Å². The van der Waals surface area contributed by atoms with Crippen LogP contribution in [0.2, 0.25) is 0 Å². The summed E-state index contributed by atoms with van der Waals surface area (Å²) in [6, 6.07) is 17.1. The van der Waals surface area contributed by atoms with Gasteiger partial charge in [0.1, 0.15) is 6.10 Å². The molecule has 0 spiro atoms. The zero-order valence-electron chi connectivity index (χ0n) is 15.2. The van der Waals surface area contributed by atoms with Gasteiger partial charge in [0.2, 0.25) is 0 Å². The maximum atomic E-state index is 5.87. The molecule has 0 amide bonds. The van der Waals surface area contributed by atoms with Gasteiger partial charge < -0.3 is 4.74 Å². The van der Waals surface area contributed by atoms with Gasteiger partial charge in [0, 0.05) is 25.8 Å². The molecule has 2 aliphatic heterocycles. The highest BCUT2D eigenvalue weighted by atomic mass is 16.5. The van der Waals surface area contributed by atoms with Crippen LogP contribution in [0.5, 0.6) is 0 Å². The number of rotatable bonds is 6. The third-order valence-corrected chi connectivity index (χ3v) is 4.88. The molecule has 4 nitrogen and oxygen atoms in total. The molecule has 134 valence electrons. The van der Waals surface area contributed by atoms with Crippen molar-refractivity contribution in [2.45, 2.75) is 32.2 Å². The molecule has 0 saturated carbocycles. The first kappa shape index (κ1) is 17.0. The lowest BCUT2D eigenvalue weighted by Gasteiger charge is -2.21. The van der Waals surface area contributed by atoms with Crippen LogP contribution in [0.25, 0.3) is 0 Å². The third kappa shape index (κ3) is 4.21. The zero-order valence-corrected chi connectivity index (χ0v) is 15.2. The van der Waals surface area contributed by atoms with Crippen LogP contribution in [0.15, 0.2) is 65.9 Å². The number of nitrogens with zero attached hydrogens (tertiary/aromatic N) is 3. The first-order valence-corrected chi connectivity index (χ1v) is 9.20. The van der Waals surface area contributed by atoms with Crippen LogP contribution in [0, 0.1) is 0 Å². The van der Waals surface area contributed by atoms with Crippen molar-refractivity contribution in [1.82, 2.24) is 9.91 Å². The molecule has 4 heteroatoms. The van der Waals surface area contributed by atoms with Gasteiger partial charge in [-0.1, -0.05) is 48.5 Å². The summed E-state index contributed by atoms with van der Waals surface area (Å²) in [6.07, 6.45) is 6.90. The van der Waals surface area contributed by atoms with E-state index in [4.69, 9.17) is 4.74 Å². The van der Waals surface area contributed by atoms with Gasteiger partial charge in [0.15, 0.2) is 0 Å². The van der Waals surface area contributed by atoms with Crippen LogP contribution >= 0.6 is 0 Å². The predicted molar refractivity (Wildman–Crippen MR) is 105 cm³/mol. The fourth-order valence-corrected chi connectivity index (χ4v) is 3.44. The smallest absolute Gasteiger partial charge is 0.115 e. The van der Waals surface area contributed by atoms with E-state index in [0.717, 1.165) is 26.1 Å². The number of benzene rings is 2. The third-order valence-electron chi connectivity index (χ3n) is 4.88. The Morgan fingerprint density at radius 3 is 2.69 bits per heavy atom. The van der Waals surface area contributed by atoms with E-state index in [2.05, 4.69) is 53.5 Å². The Labute approximate surface area is 155 Å². The second-order valence-electron chi connectivity index (χ2n) is 7.06. The predicted octanol–water partition coefficient (Wildman–Crippen LogP) is 3.58. The SMILES string of the molecule is CN1Cc2ccc(CCN3C=CC(OCc4ccccc4)C=N3)cc2C1. The minimum absolute atomic E-state index is 0.0537. The molecular formula is C22H25N3O. The number of hydrazone groups is 1. The largest absolute Gasteiger partial charge is 0.364 e. The maximum Gasteiger partial charge on any atom is 0.115 e. The Hall–Kier alpha value is -2.43. The molecule has 0 aliphatic carbocycles. The fraction of sp³-hybridized carbons (Fsp3) is 0.318. The number of hydrogen-bond acceptors (Lipinski definition) is 4. The van der Waals surface area contributed by atoms with Crippen molar-refractivity contribution in [2.75, 3.05) is 13.6 Å². The lowest BCUT2D eigenvalue weighted by atomic mass is 10.0. The van der Waals surface area contributed by atoms with Gasteiger partial charge in [0.25, 0.3) is 0 Å².